The molecule has 0 atom stereocenters. The number of hydrogen-bond acceptors (Lipinski definition) is 4. The first-order valence-corrected chi connectivity index (χ1v) is 11.8. The molecule has 164 valence electrons. The third kappa shape index (κ3) is 5.28. The van der Waals surface area contributed by atoms with Crippen molar-refractivity contribution in [1.29, 1.82) is 0 Å². The second-order valence-electron chi connectivity index (χ2n) is 7.71. The minimum atomic E-state index is -0.239. The minimum absolute atomic E-state index is 0.00518. The van der Waals surface area contributed by atoms with Crippen LogP contribution in [0.15, 0.2) is 54.6 Å². The van der Waals surface area contributed by atoms with Crippen molar-refractivity contribution in [2.24, 2.45) is 0 Å². The Kier molecular flexibility index (Phi) is 6.92. The van der Waals surface area contributed by atoms with Crippen molar-refractivity contribution in [3.05, 3.63) is 65.2 Å². The van der Waals surface area contributed by atoms with Gasteiger partial charge in [0.2, 0.25) is 0 Å². The fraction of sp³-hybridized carbons (Fsp3) is 0.391. The van der Waals surface area contributed by atoms with Crippen LogP contribution in [0.2, 0.25) is 5.02 Å². The van der Waals surface area contributed by atoms with Crippen LogP contribution < -0.4 is 10.1 Å². The van der Waals surface area contributed by atoms with Gasteiger partial charge in [0.1, 0.15) is 5.75 Å². The lowest BCUT2D eigenvalue weighted by molar-refractivity contribution is -0.136. The predicted octanol–water partition coefficient (Wildman–Crippen LogP) is 4.00. The summed E-state index contributed by atoms with van der Waals surface area (Å²) in [4.78, 5) is 29.0. The number of carbonyl (C=O) groups is 2. The molecular formula is C23H26ClN3O3S. The van der Waals surface area contributed by atoms with Crippen LogP contribution >= 0.6 is 23.4 Å². The maximum Gasteiger partial charge on any atom is 0.317 e. The van der Waals surface area contributed by atoms with Crippen molar-refractivity contribution in [1.82, 2.24) is 15.1 Å². The van der Waals surface area contributed by atoms with Crippen molar-refractivity contribution < 1.29 is 14.3 Å². The number of amides is 3. The van der Waals surface area contributed by atoms with E-state index in [1.807, 2.05) is 51.9 Å². The first-order chi connectivity index (χ1) is 15.1. The summed E-state index contributed by atoms with van der Waals surface area (Å²) >= 11 is 7.72. The number of likely N-dealkylation sites (tertiary alicyclic amines) is 1. The van der Waals surface area contributed by atoms with Gasteiger partial charge in [0.25, 0.3) is 5.91 Å². The van der Waals surface area contributed by atoms with Crippen molar-refractivity contribution in [3.63, 3.8) is 0 Å². The summed E-state index contributed by atoms with van der Waals surface area (Å²) in [5.41, 5.74) is 1.08. The molecule has 0 bridgehead atoms. The summed E-state index contributed by atoms with van der Waals surface area (Å²) in [5, 5.41) is 3.63. The number of piperidine rings is 1. The number of urea groups is 1. The van der Waals surface area contributed by atoms with Gasteiger partial charge in [0, 0.05) is 37.0 Å². The predicted molar refractivity (Wildman–Crippen MR) is 123 cm³/mol. The van der Waals surface area contributed by atoms with Gasteiger partial charge in [-0.3, -0.25) is 4.79 Å². The van der Waals surface area contributed by atoms with E-state index in [-0.39, 0.29) is 23.4 Å². The van der Waals surface area contributed by atoms with Crippen LogP contribution in [0.5, 0.6) is 5.75 Å². The molecule has 0 saturated carbocycles. The molecule has 1 N–H and O–H groups in total. The van der Waals surface area contributed by atoms with Gasteiger partial charge in [-0.1, -0.05) is 41.9 Å². The number of nitrogens with one attached hydrogen (secondary N) is 1. The maximum absolute atomic E-state index is 12.9. The quantitative estimate of drug-likeness (QED) is 0.734. The Labute approximate surface area is 191 Å². The highest BCUT2D eigenvalue weighted by Crippen LogP contribution is 2.44. The Balaban J connectivity index is 1.28. The molecule has 2 heterocycles. The first-order valence-electron chi connectivity index (χ1n) is 10.5. The monoisotopic (exact) mass is 459 g/mol. The third-order valence-electron chi connectivity index (χ3n) is 5.77. The van der Waals surface area contributed by atoms with E-state index >= 15 is 0 Å². The van der Waals surface area contributed by atoms with E-state index in [0.717, 1.165) is 24.2 Å². The Bertz CT molecular complexity index is 902. The lowest BCUT2D eigenvalue weighted by Gasteiger charge is -2.44. The van der Waals surface area contributed by atoms with Crippen molar-refractivity contribution >= 4 is 35.3 Å². The van der Waals surface area contributed by atoms with Gasteiger partial charge in [0.05, 0.1) is 4.87 Å². The van der Waals surface area contributed by atoms with Gasteiger partial charge in [0.15, 0.2) is 6.61 Å². The zero-order valence-corrected chi connectivity index (χ0v) is 18.8. The molecule has 31 heavy (non-hydrogen) atoms. The number of rotatable bonds is 5. The lowest BCUT2D eigenvalue weighted by atomic mass is 10.0. The van der Waals surface area contributed by atoms with Gasteiger partial charge < -0.3 is 19.9 Å². The maximum atomic E-state index is 12.9. The molecule has 0 radical (unpaired) electrons. The van der Waals surface area contributed by atoms with Crippen LogP contribution in [-0.2, 0) is 11.3 Å². The van der Waals surface area contributed by atoms with Crippen molar-refractivity contribution in [2.75, 3.05) is 32.0 Å². The van der Waals surface area contributed by atoms with Gasteiger partial charge in [-0.25, -0.2) is 4.79 Å². The van der Waals surface area contributed by atoms with Gasteiger partial charge in [-0.05, 0) is 42.7 Å². The average Bonchev–Trinajstić information content (AvgIpc) is 3.21. The van der Waals surface area contributed by atoms with E-state index in [2.05, 4.69) is 5.32 Å². The smallest absolute Gasteiger partial charge is 0.317 e. The standard InChI is InChI=1S/C23H26ClN3O3S/c24-19-6-8-20(9-7-19)30-17-21(28)27-14-15-31-23(27)10-12-26(13-11-23)22(29)25-16-18-4-2-1-3-5-18/h1-9H,10-17H2,(H,25,29). The Morgan fingerprint density at radius 2 is 1.74 bits per heavy atom. The molecule has 2 aromatic rings. The molecule has 0 aliphatic carbocycles. The summed E-state index contributed by atoms with van der Waals surface area (Å²) in [6.45, 7) is 2.51. The third-order valence-corrected chi connectivity index (χ3v) is 7.58. The lowest BCUT2D eigenvalue weighted by Crippen LogP contribution is -2.55. The Hall–Kier alpha value is -2.38. The highest BCUT2D eigenvalue weighted by Gasteiger charge is 2.46. The first kappa shape index (κ1) is 21.8. The Morgan fingerprint density at radius 3 is 2.45 bits per heavy atom. The van der Waals surface area contributed by atoms with Crippen LogP contribution in [0.4, 0.5) is 4.79 Å². The second-order valence-corrected chi connectivity index (χ2v) is 9.61. The molecule has 0 unspecified atom stereocenters. The molecule has 4 rings (SSSR count). The minimum Gasteiger partial charge on any atom is -0.484 e. The zero-order valence-electron chi connectivity index (χ0n) is 17.3. The molecule has 0 aromatic heterocycles. The molecule has 2 saturated heterocycles. The summed E-state index contributed by atoms with van der Waals surface area (Å²) in [7, 11) is 0. The van der Waals surface area contributed by atoms with Crippen molar-refractivity contribution in [3.8, 4) is 5.75 Å². The number of nitrogens with zero attached hydrogens (tertiary/aromatic N) is 2. The van der Waals surface area contributed by atoms with Crippen LogP contribution in [0.3, 0.4) is 0 Å². The molecular weight excluding hydrogens is 434 g/mol. The SMILES string of the molecule is O=C(NCc1ccccc1)N1CCC2(CC1)SCCN2C(=O)COc1ccc(Cl)cc1. The average molecular weight is 460 g/mol. The fourth-order valence-corrected chi connectivity index (χ4v) is 5.67. The van der Waals surface area contributed by atoms with E-state index in [1.54, 1.807) is 24.3 Å². The second kappa shape index (κ2) is 9.83. The highest BCUT2D eigenvalue weighted by atomic mass is 35.5. The van der Waals surface area contributed by atoms with E-state index < -0.39 is 0 Å². The zero-order chi connectivity index (χ0) is 21.7. The number of halogens is 1. The molecule has 3 amide bonds. The Morgan fingerprint density at radius 1 is 1.03 bits per heavy atom. The number of ether oxygens (including phenoxy) is 1. The summed E-state index contributed by atoms with van der Waals surface area (Å²) in [5.74, 6) is 1.53. The van der Waals surface area contributed by atoms with E-state index in [1.165, 1.54) is 0 Å². The van der Waals surface area contributed by atoms with Crippen LogP contribution in [0.25, 0.3) is 0 Å². The molecule has 6 nitrogen and oxygen atoms in total. The number of benzene rings is 2. The number of carbonyl (C=O) groups excluding carboxylic acids is 2. The van der Waals surface area contributed by atoms with Gasteiger partial charge >= 0.3 is 6.03 Å². The fourth-order valence-electron chi connectivity index (χ4n) is 4.07. The largest absolute Gasteiger partial charge is 0.484 e. The molecule has 2 aliphatic rings. The topological polar surface area (TPSA) is 61.9 Å². The molecule has 8 heteroatoms. The summed E-state index contributed by atoms with van der Waals surface area (Å²) in [6.07, 6.45) is 1.53. The van der Waals surface area contributed by atoms with Crippen LogP contribution in [0.1, 0.15) is 18.4 Å². The molecule has 2 aromatic carbocycles. The van der Waals surface area contributed by atoms with Crippen molar-refractivity contribution in [2.45, 2.75) is 24.3 Å². The van der Waals surface area contributed by atoms with E-state index in [9.17, 15) is 9.59 Å². The van der Waals surface area contributed by atoms with Crippen LogP contribution in [0, 0.1) is 0 Å². The number of hydrogen-bond donors (Lipinski definition) is 1. The summed E-state index contributed by atoms with van der Waals surface area (Å²) < 4.78 is 5.67. The van der Waals surface area contributed by atoms with Gasteiger partial charge in [-0.15, -0.1) is 11.8 Å². The number of thioether (sulfide) groups is 1. The molecule has 2 aliphatic heterocycles. The highest BCUT2D eigenvalue weighted by molar-refractivity contribution is 8.00. The molecule has 1 spiro atoms. The van der Waals surface area contributed by atoms with Crippen LogP contribution in [-0.4, -0.2) is 58.6 Å². The van der Waals surface area contributed by atoms with E-state index in [0.29, 0.717) is 37.0 Å². The van der Waals surface area contributed by atoms with Gasteiger partial charge in [-0.2, -0.15) is 0 Å². The normalized spacial score (nSPS) is 17.6. The summed E-state index contributed by atoms with van der Waals surface area (Å²) in [6, 6.07) is 16.8. The molecule has 2 fully saturated rings. The van der Waals surface area contributed by atoms with E-state index in [4.69, 9.17) is 16.3 Å².